The molecule has 31 heavy (non-hydrogen) atoms. The van der Waals surface area contributed by atoms with Crippen LogP contribution in [0.4, 0.5) is 0 Å². The Bertz CT molecular complexity index is 838. The zero-order valence-electron chi connectivity index (χ0n) is 18.2. The Morgan fingerprint density at radius 1 is 1.23 bits per heavy atom. The number of allylic oxidation sites excluding steroid dienone is 2. The van der Waals surface area contributed by atoms with Gasteiger partial charge in [-0.05, 0) is 74.2 Å². The van der Waals surface area contributed by atoms with Crippen molar-refractivity contribution in [2.75, 3.05) is 13.2 Å². The van der Waals surface area contributed by atoms with Gasteiger partial charge in [0.1, 0.15) is 12.2 Å². The molecule has 0 radical (unpaired) electrons. The van der Waals surface area contributed by atoms with E-state index in [-0.39, 0.29) is 23.2 Å². The van der Waals surface area contributed by atoms with Crippen LogP contribution in [-0.4, -0.2) is 62.8 Å². The Kier molecular flexibility index (Phi) is 5.55. The van der Waals surface area contributed by atoms with Gasteiger partial charge in [-0.15, -0.1) is 0 Å². The van der Waals surface area contributed by atoms with E-state index in [4.69, 9.17) is 9.94 Å². The van der Waals surface area contributed by atoms with Crippen LogP contribution in [0.5, 0.6) is 0 Å². The number of oxime groups is 1. The first kappa shape index (κ1) is 22.4. The maximum Gasteiger partial charge on any atom is 0.344 e. The fourth-order valence-electron chi connectivity index (χ4n) is 7.54. The first-order valence-electron chi connectivity index (χ1n) is 11.2. The van der Waals surface area contributed by atoms with E-state index in [0.717, 1.165) is 31.4 Å². The van der Waals surface area contributed by atoms with Gasteiger partial charge in [0, 0.05) is 5.41 Å². The normalized spacial score (nSPS) is 45.3. The number of hydrogen-bond acceptors (Lipinski definition) is 7. The second kappa shape index (κ2) is 7.67. The molecule has 0 bridgehead atoms. The van der Waals surface area contributed by atoms with Gasteiger partial charge in [0.25, 0.3) is 0 Å². The minimum absolute atomic E-state index is 0.0265. The van der Waals surface area contributed by atoms with Gasteiger partial charge < -0.3 is 25.3 Å². The lowest BCUT2D eigenvalue weighted by Gasteiger charge is -2.60. The van der Waals surface area contributed by atoms with Crippen molar-refractivity contribution in [3.63, 3.8) is 0 Å². The number of hydrogen-bond donors (Lipinski definition) is 4. The molecule has 4 rings (SSSR count). The summed E-state index contributed by atoms with van der Waals surface area (Å²) in [6.07, 6.45) is 5.86. The summed E-state index contributed by atoms with van der Waals surface area (Å²) in [5.74, 6) is -1.26. The first-order valence-corrected chi connectivity index (χ1v) is 11.2. The number of carboxylic acid groups (broad SMARTS) is 1. The highest BCUT2D eigenvalue weighted by Gasteiger charge is 2.68. The van der Waals surface area contributed by atoms with Crippen LogP contribution in [0.25, 0.3) is 0 Å². The summed E-state index contributed by atoms with van der Waals surface area (Å²) < 4.78 is 0. The van der Waals surface area contributed by atoms with Crippen LogP contribution in [0.15, 0.2) is 16.8 Å². The first-order chi connectivity index (χ1) is 14.6. The number of carboxylic acids is 1. The van der Waals surface area contributed by atoms with Gasteiger partial charge in [-0.25, -0.2) is 4.79 Å². The predicted octanol–water partition coefficient (Wildman–Crippen LogP) is 1.67. The van der Waals surface area contributed by atoms with Crippen molar-refractivity contribution in [1.29, 1.82) is 0 Å². The van der Waals surface area contributed by atoms with Crippen LogP contribution >= 0.6 is 0 Å². The summed E-state index contributed by atoms with van der Waals surface area (Å²) in [5.41, 5.74) is -0.594. The van der Waals surface area contributed by atoms with E-state index in [0.29, 0.717) is 19.3 Å². The van der Waals surface area contributed by atoms with E-state index < -0.39 is 42.1 Å². The van der Waals surface area contributed by atoms with Crippen LogP contribution in [0.2, 0.25) is 0 Å². The Morgan fingerprint density at radius 3 is 2.65 bits per heavy atom. The second-order valence-electron chi connectivity index (χ2n) is 10.3. The molecule has 172 valence electrons. The molecule has 0 amide bonds. The fraction of sp³-hybridized carbons (Fsp3) is 0.783. The highest BCUT2D eigenvalue weighted by Crippen LogP contribution is 2.67. The van der Waals surface area contributed by atoms with E-state index in [2.05, 4.69) is 12.1 Å². The van der Waals surface area contributed by atoms with Gasteiger partial charge in [0.15, 0.2) is 5.78 Å². The second-order valence-corrected chi connectivity index (χ2v) is 10.3. The number of carbonyl (C=O) groups excluding carboxylic acids is 1. The molecular formula is C23H33NO7. The van der Waals surface area contributed by atoms with Gasteiger partial charge in [0.2, 0.25) is 6.61 Å². The molecule has 0 unspecified atom stereocenters. The highest BCUT2D eigenvalue weighted by molar-refractivity contribution is 5.96. The molecule has 0 spiro atoms. The number of Topliss-reactive ketones (excluding diaryl/α,β-unsaturated/α-hetero) is 1. The molecule has 8 heteroatoms. The minimum atomic E-state index is -1.58. The summed E-state index contributed by atoms with van der Waals surface area (Å²) in [5, 5.41) is 44.8. The van der Waals surface area contributed by atoms with Crippen molar-refractivity contribution >= 4 is 17.5 Å². The molecule has 0 aromatic rings. The monoisotopic (exact) mass is 435 g/mol. The average molecular weight is 436 g/mol. The third-order valence-corrected chi connectivity index (χ3v) is 9.04. The van der Waals surface area contributed by atoms with Gasteiger partial charge in [-0.3, -0.25) is 4.79 Å². The Morgan fingerprint density at radius 2 is 1.97 bits per heavy atom. The Labute approximate surface area is 182 Å². The van der Waals surface area contributed by atoms with Gasteiger partial charge in [-0.2, -0.15) is 0 Å². The van der Waals surface area contributed by atoms with E-state index in [1.165, 1.54) is 5.57 Å². The molecule has 8 nitrogen and oxygen atoms in total. The minimum Gasteiger partial charge on any atom is -0.479 e. The van der Waals surface area contributed by atoms with Crippen molar-refractivity contribution in [3.8, 4) is 0 Å². The van der Waals surface area contributed by atoms with Crippen LogP contribution in [-0.2, 0) is 14.4 Å². The standard InChI is InChI=1S/C23H33NO7/c1-21-7-5-14(24-31-12-19(28)29)9-13(21)3-4-15-16-6-8-23(30,18(27)11-25)22(16,2)10-17(26)20(15)21/h9,15-17,20,25-26,30H,3-8,10-12H2,1-2H3,(H,28,29)/b24-14+/t15-,16+,17+,20+,21+,22+,23+/m1/s1. The van der Waals surface area contributed by atoms with Crippen molar-refractivity contribution in [3.05, 3.63) is 11.6 Å². The van der Waals surface area contributed by atoms with Crippen molar-refractivity contribution in [2.45, 2.75) is 70.5 Å². The molecule has 3 saturated carbocycles. The largest absolute Gasteiger partial charge is 0.479 e. The van der Waals surface area contributed by atoms with Crippen LogP contribution in [0.3, 0.4) is 0 Å². The lowest BCUT2D eigenvalue weighted by Crippen LogP contribution is -2.62. The topological polar surface area (TPSA) is 137 Å². The van der Waals surface area contributed by atoms with E-state index >= 15 is 0 Å². The molecule has 7 atom stereocenters. The van der Waals surface area contributed by atoms with Crippen molar-refractivity contribution in [1.82, 2.24) is 0 Å². The summed E-state index contributed by atoms with van der Waals surface area (Å²) in [7, 11) is 0. The number of rotatable bonds is 5. The SMILES string of the molecule is C[C@]12CC/C(=N\OCC(=O)O)C=C1CC[C@H]1[C@H]2[C@@H](O)C[C@@]2(C)[C@H]1CC[C@]2(O)C(=O)CO. The zero-order chi connectivity index (χ0) is 22.6. The zero-order valence-corrected chi connectivity index (χ0v) is 18.2. The van der Waals surface area contributed by atoms with Crippen molar-refractivity contribution in [2.24, 2.45) is 33.7 Å². The van der Waals surface area contributed by atoms with Crippen LogP contribution in [0.1, 0.15) is 58.8 Å². The molecular weight excluding hydrogens is 402 g/mol. The van der Waals surface area contributed by atoms with Gasteiger partial charge in [0.05, 0.1) is 11.8 Å². The number of aliphatic hydroxyl groups excluding tert-OH is 2. The quantitative estimate of drug-likeness (QED) is 0.482. The molecule has 4 aliphatic carbocycles. The lowest BCUT2D eigenvalue weighted by atomic mass is 9.45. The Balaban J connectivity index is 1.62. The van der Waals surface area contributed by atoms with Crippen LogP contribution in [0, 0.1) is 28.6 Å². The van der Waals surface area contributed by atoms with Crippen molar-refractivity contribution < 1.29 is 34.9 Å². The summed E-state index contributed by atoms with van der Waals surface area (Å²) >= 11 is 0. The third kappa shape index (κ3) is 3.26. The third-order valence-electron chi connectivity index (χ3n) is 9.04. The molecule has 0 heterocycles. The maximum absolute atomic E-state index is 12.5. The molecule has 0 saturated heterocycles. The molecule has 3 fully saturated rings. The molecule has 0 aromatic heterocycles. The average Bonchev–Trinajstić information content (AvgIpc) is 2.98. The van der Waals surface area contributed by atoms with E-state index in [1.54, 1.807) is 0 Å². The van der Waals surface area contributed by atoms with Gasteiger partial charge in [-0.1, -0.05) is 24.6 Å². The molecule has 4 aliphatic rings. The number of aliphatic hydroxyl groups is 3. The number of ketones is 1. The van der Waals surface area contributed by atoms with Gasteiger partial charge >= 0.3 is 5.97 Å². The number of fused-ring (bicyclic) bond motifs is 5. The summed E-state index contributed by atoms with van der Waals surface area (Å²) in [6.45, 7) is 2.95. The van der Waals surface area contributed by atoms with E-state index in [1.807, 2.05) is 13.0 Å². The number of carbonyl (C=O) groups is 2. The molecule has 0 aromatic carbocycles. The summed E-state index contributed by atoms with van der Waals surface area (Å²) in [6, 6.07) is 0. The highest BCUT2D eigenvalue weighted by atomic mass is 16.6. The molecule has 4 N–H and O–H groups in total. The molecule has 0 aliphatic heterocycles. The smallest absolute Gasteiger partial charge is 0.344 e. The Hall–Kier alpha value is -1.77. The van der Waals surface area contributed by atoms with E-state index in [9.17, 15) is 24.9 Å². The lowest BCUT2D eigenvalue weighted by molar-refractivity contribution is -0.181. The van der Waals surface area contributed by atoms with Crippen LogP contribution < -0.4 is 0 Å². The summed E-state index contributed by atoms with van der Waals surface area (Å²) in [4.78, 5) is 28.0. The number of nitrogens with zero attached hydrogens (tertiary/aromatic N) is 1. The number of aliphatic carboxylic acids is 1. The maximum atomic E-state index is 12.5. The predicted molar refractivity (Wildman–Crippen MR) is 111 cm³/mol. The fourth-order valence-corrected chi connectivity index (χ4v) is 7.54.